The van der Waals surface area contributed by atoms with E-state index < -0.39 is 135 Å². The van der Waals surface area contributed by atoms with Gasteiger partial charge in [0.2, 0.25) is 5.91 Å². The lowest BCUT2D eigenvalue weighted by Gasteiger charge is -2.45. The van der Waals surface area contributed by atoms with E-state index in [1.807, 2.05) is 50.3 Å². The fourth-order valence-electron chi connectivity index (χ4n) is 8.02. The number of carbonyl (C=O) groups excluding carboxylic acids is 2. The first kappa shape index (κ1) is 57.9. The fraction of sp³-hybridized carbons (Fsp3) is 0.673. The van der Waals surface area contributed by atoms with Crippen molar-refractivity contribution in [3.8, 4) is 0 Å². The molecule has 0 aliphatic carbocycles. The molecule has 2 fully saturated rings. The van der Waals surface area contributed by atoms with Crippen molar-refractivity contribution in [2.24, 2.45) is 17.6 Å². The van der Waals surface area contributed by atoms with E-state index in [4.69, 9.17) is 24.7 Å². The Morgan fingerprint density at radius 1 is 0.731 bits per heavy atom. The molecule has 3 aliphatic rings. The largest absolute Gasteiger partial charge is 0.462 e. The van der Waals surface area contributed by atoms with Crippen LogP contribution in [0, 0.1) is 11.8 Å². The second-order valence-electron chi connectivity index (χ2n) is 18.0. The van der Waals surface area contributed by atoms with Gasteiger partial charge in [-0.15, -0.1) is 0 Å². The molecule has 1 amide bonds. The number of rotatable bonds is 6. The number of nitrogens with two attached hydrogens (primary N) is 1. The van der Waals surface area contributed by atoms with Gasteiger partial charge in [0.15, 0.2) is 12.1 Å². The average molecular weight is 951 g/mol. The van der Waals surface area contributed by atoms with Crippen molar-refractivity contribution < 1.29 is 79.6 Å². The average Bonchev–Trinajstić information content (AvgIpc) is 3.24. The second kappa shape index (κ2) is 30.2. The minimum Gasteiger partial charge on any atom is -0.462 e. The van der Waals surface area contributed by atoms with Crippen LogP contribution in [0.2, 0.25) is 0 Å². The summed E-state index contributed by atoms with van der Waals surface area (Å²) in [6, 6.07) is -1.10. The molecule has 0 aromatic carbocycles. The lowest BCUT2D eigenvalue weighted by atomic mass is 9.82. The summed E-state index contributed by atoms with van der Waals surface area (Å²) in [5.41, 5.74) is 6.01. The molecule has 2 saturated heterocycles. The fourth-order valence-corrected chi connectivity index (χ4v) is 8.02. The van der Waals surface area contributed by atoms with Crippen LogP contribution >= 0.6 is 0 Å². The Bertz CT molecular complexity index is 1670. The molecule has 7 unspecified atom stereocenters. The number of ether oxygens (including phenoxy) is 4. The molecule has 3 aliphatic heterocycles. The van der Waals surface area contributed by atoms with Crippen molar-refractivity contribution in [3.05, 3.63) is 85.1 Å². The number of aliphatic hydroxyl groups excluding tert-OH is 9. The number of hydrogen-bond donors (Lipinski definition) is 12. The predicted molar refractivity (Wildman–Crippen MR) is 248 cm³/mol. The van der Waals surface area contributed by atoms with Gasteiger partial charge in [-0.1, -0.05) is 105 Å². The number of aliphatic hydroxyl groups is 10. The van der Waals surface area contributed by atoms with Crippen molar-refractivity contribution in [1.29, 1.82) is 0 Å². The van der Waals surface area contributed by atoms with Gasteiger partial charge in [0, 0.05) is 44.6 Å². The van der Waals surface area contributed by atoms with Crippen LogP contribution in [0.15, 0.2) is 85.1 Å². The summed E-state index contributed by atoms with van der Waals surface area (Å²) in [7, 11) is 0. The van der Waals surface area contributed by atoms with E-state index in [1.54, 1.807) is 55.5 Å². The van der Waals surface area contributed by atoms with Crippen molar-refractivity contribution in [2.45, 2.75) is 183 Å². The quantitative estimate of drug-likeness (QED) is 0.130. The van der Waals surface area contributed by atoms with E-state index >= 15 is 0 Å². The van der Waals surface area contributed by atoms with Gasteiger partial charge in [-0.3, -0.25) is 9.59 Å². The highest BCUT2D eigenvalue weighted by atomic mass is 16.7. The summed E-state index contributed by atoms with van der Waals surface area (Å²) < 4.78 is 23.3. The van der Waals surface area contributed by atoms with E-state index in [0.29, 0.717) is 13.0 Å². The first-order valence-corrected chi connectivity index (χ1v) is 23.5. The number of hydrogen-bond acceptors (Lipinski definition) is 17. The summed E-state index contributed by atoms with van der Waals surface area (Å²) in [5.74, 6) is -4.98. The summed E-state index contributed by atoms with van der Waals surface area (Å²) in [6.45, 7) is 5.49. The van der Waals surface area contributed by atoms with Gasteiger partial charge in [0.25, 0.3) is 0 Å². The van der Waals surface area contributed by atoms with Gasteiger partial charge in [-0.2, -0.15) is 0 Å². The van der Waals surface area contributed by atoms with Gasteiger partial charge in [0.05, 0.1) is 86.0 Å². The highest BCUT2D eigenvalue weighted by molar-refractivity contribution is 5.80. The Morgan fingerprint density at radius 2 is 1.34 bits per heavy atom. The van der Waals surface area contributed by atoms with Crippen LogP contribution in [0.25, 0.3) is 0 Å². The molecule has 18 nitrogen and oxygen atoms in total. The number of unbranched alkanes of at least 4 members (excludes halogenated alkanes) is 1. The monoisotopic (exact) mass is 951 g/mol. The number of cyclic esters (lactones) is 1. The number of fused-ring (bicyclic) bond motifs is 2. The standard InChI is InChI=1S/C49H78N2O16/c1-4-5-22-51-47(62)44-40(58)29-49(63)28-35(54)25-39(57)37(55)21-20-33(52)24-34(53)26-43(60)65-32(3)23-38(56)31(2)18-16-14-12-10-8-6-7-9-11-13-15-17-19-36(27-42(44)67-49)66-48-46(61)45(50)41(59)30-64-48/h6-19,31-42,44-46,48,52-59,61,63H,4-5,20-30,50H2,1-3H3,(H,51,62)/b7-6+,10-8+,11-9+,14-12+,15-13+,18-16+,19-17+/t31-,32-,33?,34?,35?,36?,37?,38-,39?,40-,41+,42-,44+,45-,46-,48-,49?/m0/s1. The topological polar surface area (TPSA) is 311 Å². The number of amides is 1. The van der Waals surface area contributed by atoms with Crippen molar-refractivity contribution in [3.63, 3.8) is 0 Å². The number of allylic oxidation sites excluding steroid dienone is 12. The molecule has 3 rings (SSSR count). The maximum atomic E-state index is 13.6. The molecule has 0 aromatic rings. The number of carbonyl (C=O) groups is 2. The Balaban J connectivity index is 1.89. The van der Waals surface area contributed by atoms with Gasteiger partial charge in [0.1, 0.15) is 12.2 Å². The van der Waals surface area contributed by atoms with Crippen molar-refractivity contribution >= 4 is 11.9 Å². The highest BCUT2D eigenvalue weighted by Crippen LogP contribution is 2.38. The molecule has 0 radical (unpaired) electrons. The maximum Gasteiger partial charge on any atom is 0.308 e. The maximum absolute atomic E-state index is 13.6. The summed E-state index contributed by atoms with van der Waals surface area (Å²) >= 11 is 0. The van der Waals surface area contributed by atoms with Crippen LogP contribution in [-0.4, -0.2) is 167 Å². The lowest BCUT2D eigenvalue weighted by molar-refractivity contribution is -0.304. The Morgan fingerprint density at radius 3 is 1.97 bits per heavy atom. The van der Waals surface area contributed by atoms with E-state index in [9.17, 15) is 60.7 Å². The Labute approximate surface area is 394 Å². The second-order valence-corrected chi connectivity index (χ2v) is 18.0. The lowest BCUT2D eigenvalue weighted by Crippen LogP contribution is -2.59. The van der Waals surface area contributed by atoms with Crippen LogP contribution < -0.4 is 11.1 Å². The third kappa shape index (κ3) is 21.4. The molecule has 18 heteroatoms. The normalized spacial score (nSPS) is 42.2. The molecule has 0 aromatic heterocycles. The summed E-state index contributed by atoms with van der Waals surface area (Å²) in [5, 5.41) is 111. The SMILES string of the molecule is CCCCNC(=O)[C@H]1[C@@H]2CC(O[C@@H]3OC[C@@H](O)[C@H](N)[C@@H]3O)/C=C/C=C/C=C/C=C/C=C/C=C/C=C/[C@H](C)[C@@H](O)C[C@H](C)OC(=O)CC(O)CC(O)CCC(O)C(O)CC(O)CC(O)(C[C@@H]1O)O2. The zero-order chi connectivity index (χ0) is 49.5. The molecule has 3 heterocycles. The number of nitrogens with one attached hydrogen (secondary N) is 1. The summed E-state index contributed by atoms with van der Waals surface area (Å²) in [6.07, 6.45) is 7.71. The molecular weight excluding hydrogens is 873 g/mol. The van der Waals surface area contributed by atoms with Crippen molar-refractivity contribution in [1.82, 2.24) is 5.32 Å². The van der Waals surface area contributed by atoms with Crippen LogP contribution in [0.5, 0.6) is 0 Å². The predicted octanol–water partition coefficient (Wildman–Crippen LogP) is 0.909. The van der Waals surface area contributed by atoms with Gasteiger partial charge in [-0.05, 0) is 32.6 Å². The van der Waals surface area contributed by atoms with Crippen molar-refractivity contribution in [2.75, 3.05) is 13.2 Å². The molecule has 17 atom stereocenters. The minimum atomic E-state index is -2.24. The molecule has 2 bridgehead atoms. The Kier molecular flexibility index (Phi) is 26.1. The first-order chi connectivity index (χ1) is 31.8. The number of esters is 1. The molecule has 13 N–H and O–H groups in total. The third-order valence-corrected chi connectivity index (χ3v) is 11.9. The van der Waals surface area contributed by atoms with Gasteiger partial charge in [-0.25, -0.2) is 0 Å². The van der Waals surface area contributed by atoms with E-state index in [1.165, 1.54) is 0 Å². The van der Waals surface area contributed by atoms with Gasteiger partial charge >= 0.3 is 5.97 Å². The van der Waals surface area contributed by atoms with Crippen LogP contribution in [0.1, 0.15) is 91.4 Å². The summed E-state index contributed by atoms with van der Waals surface area (Å²) in [4.78, 5) is 26.1. The third-order valence-electron chi connectivity index (χ3n) is 11.9. The van der Waals surface area contributed by atoms with Crippen LogP contribution in [0.3, 0.4) is 0 Å². The first-order valence-electron chi connectivity index (χ1n) is 23.5. The molecule has 67 heavy (non-hydrogen) atoms. The Hall–Kier alpha value is -3.44. The highest BCUT2D eigenvalue weighted by Gasteiger charge is 2.50. The van der Waals surface area contributed by atoms with Gasteiger partial charge < -0.3 is 81.1 Å². The smallest absolute Gasteiger partial charge is 0.308 e. The minimum absolute atomic E-state index is 0.0841. The van der Waals surface area contributed by atoms with E-state index in [2.05, 4.69) is 5.32 Å². The van der Waals surface area contributed by atoms with Crippen LogP contribution in [-0.2, 0) is 28.5 Å². The van der Waals surface area contributed by atoms with Crippen LogP contribution in [0.4, 0.5) is 0 Å². The molecule has 0 spiro atoms. The van der Waals surface area contributed by atoms with E-state index in [-0.39, 0.29) is 44.6 Å². The zero-order valence-corrected chi connectivity index (χ0v) is 39.0. The molecule has 380 valence electrons. The molecular formula is C49H78N2O16. The zero-order valence-electron chi connectivity index (χ0n) is 39.0. The molecule has 0 saturated carbocycles. The van der Waals surface area contributed by atoms with E-state index in [0.717, 1.165) is 6.42 Å².